The number of hydrogen-bond donors (Lipinski definition) is 0. The normalized spacial score (nSPS) is 14.5. The van der Waals surface area contributed by atoms with Crippen LogP contribution in [0.2, 0.25) is 0 Å². The standard InChI is InChI=1S/C19H20N4O.2ClH/c24-19-17-8-4-5-9-18(17)20-14-23(19)15-21-10-12-22(13-11-21)16-6-2-1-3-7-16;;/h1-9,14H,10-13,15H2;2*1H. The van der Waals surface area contributed by atoms with Crippen LogP contribution in [0.4, 0.5) is 5.69 Å². The van der Waals surface area contributed by atoms with Gasteiger partial charge in [0.2, 0.25) is 0 Å². The molecule has 1 saturated heterocycles. The van der Waals surface area contributed by atoms with Gasteiger partial charge in [-0.3, -0.25) is 14.3 Å². The topological polar surface area (TPSA) is 41.4 Å². The van der Waals surface area contributed by atoms with Crippen molar-refractivity contribution in [3.05, 3.63) is 71.3 Å². The van der Waals surface area contributed by atoms with Crippen molar-refractivity contribution in [3.63, 3.8) is 0 Å². The lowest BCUT2D eigenvalue weighted by Crippen LogP contribution is -2.47. The Hall–Kier alpha value is -2.08. The van der Waals surface area contributed by atoms with Crippen LogP contribution in [0.3, 0.4) is 0 Å². The molecular formula is C19H22Cl2N4O. The molecule has 1 aliphatic heterocycles. The number of fused-ring (bicyclic) bond motifs is 1. The lowest BCUT2D eigenvalue weighted by atomic mass is 10.2. The van der Waals surface area contributed by atoms with Crippen LogP contribution in [0.1, 0.15) is 0 Å². The van der Waals surface area contributed by atoms with Crippen molar-refractivity contribution in [2.75, 3.05) is 31.1 Å². The van der Waals surface area contributed by atoms with Crippen molar-refractivity contribution in [2.45, 2.75) is 6.67 Å². The van der Waals surface area contributed by atoms with Gasteiger partial charge in [-0.2, -0.15) is 0 Å². The van der Waals surface area contributed by atoms with Gasteiger partial charge < -0.3 is 4.90 Å². The lowest BCUT2D eigenvalue weighted by Gasteiger charge is -2.36. The van der Waals surface area contributed by atoms with Crippen molar-refractivity contribution in [2.24, 2.45) is 0 Å². The van der Waals surface area contributed by atoms with Gasteiger partial charge in [0.1, 0.15) is 0 Å². The Morgan fingerprint density at radius 2 is 1.50 bits per heavy atom. The third-order valence-electron chi connectivity index (χ3n) is 4.58. The lowest BCUT2D eigenvalue weighted by molar-refractivity contribution is 0.203. The molecule has 4 rings (SSSR count). The number of halogens is 2. The maximum absolute atomic E-state index is 12.6. The minimum absolute atomic E-state index is 0. The molecule has 1 fully saturated rings. The highest BCUT2D eigenvalue weighted by Gasteiger charge is 2.17. The summed E-state index contributed by atoms with van der Waals surface area (Å²) in [4.78, 5) is 21.7. The predicted octanol–water partition coefficient (Wildman–Crippen LogP) is 3.02. The molecule has 0 amide bonds. The van der Waals surface area contributed by atoms with E-state index in [9.17, 15) is 4.79 Å². The summed E-state index contributed by atoms with van der Waals surface area (Å²) in [6.07, 6.45) is 1.66. The molecule has 1 aromatic heterocycles. The quantitative estimate of drug-likeness (QED) is 0.686. The van der Waals surface area contributed by atoms with E-state index in [2.05, 4.69) is 39.0 Å². The van der Waals surface area contributed by atoms with Crippen LogP contribution >= 0.6 is 24.8 Å². The molecular weight excluding hydrogens is 371 g/mol. The van der Waals surface area contributed by atoms with E-state index in [-0.39, 0.29) is 30.4 Å². The van der Waals surface area contributed by atoms with Gasteiger partial charge in [0.15, 0.2) is 0 Å². The van der Waals surface area contributed by atoms with Crippen molar-refractivity contribution in [1.82, 2.24) is 14.5 Å². The van der Waals surface area contributed by atoms with Crippen LogP contribution in [0.15, 0.2) is 65.7 Å². The van der Waals surface area contributed by atoms with E-state index in [0.717, 1.165) is 31.7 Å². The second-order valence-corrected chi connectivity index (χ2v) is 6.12. The zero-order valence-electron chi connectivity index (χ0n) is 14.3. The molecule has 7 heteroatoms. The molecule has 3 aromatic rings. The Balaban J connectivity index is 0.00000121. The summed E-state index contributed by atoms with van der Waals surface area (Å²) in [7, 11) is 0. The first-order valence-electron chi connectivity index (χ1n) is 8.28. The van der Waals surface area contributed by atoms with Gasteiger partial charge in [0.05, 0.1) is 23.9 Å². The molecule has 138 valence electrons. The van der Waals surface area contributed by atoms with Gasteiger partial charge in [-0.15, -0.1) is 24.8 Å². The summed E-state index contributed by atoms with van der Waals surface area (Å²) in [5.41, 5.74) is 2.06. The average molecular weight is 393 g/mol. The molecule has 0 saturated carbocycles. The first-order valence-corrected chi connectivity index (χ1v) is 8.28. The highest BCUT2D eigenvalue weighted by atomic mass is 35.5. The van der Waals surface area contributed by atoms with Crippen molar-refractivity contribution in [1.29, 1.82) is 0 Å². The molecule has 26 heavy (non-hydrogen) atoms. The number of rotatable bonds is 3. The monoisotopic (exact) mass is 392 g/mol. The van der Waals surface area contributed by atoms with E-state index in [1.54, 1.807) is 10.9 Å². The SMILES string of the molecule is Cl.Cl.O=c1c2ccccc2ncn1CN1CCN(c2ccccc2)CC1. The van der Waals surface area contributed by atoms with Crippen molar-refractivity contribution >= 4 is 41.4 Å². The van der Waals surface area contributed by atoms with Gasteiger partial charge in [-0.05, 0) is 24.3 Å². The first-order chi connectivity index (χ1) is 11.8. The van der Waals surface area contributed by atoms with Gasteiger partial charge in [0.25, 0.3) is 5.56 Å². The number of para-hydroxylation sites is 2. The van der Waals surface area contributed by atoms with Gasteiger partial charge in [-0.1, -0.05) is 30.3 Å². The minimum Gasteiger partial charge on any atom is -0.369 e. The van der Waals surface area contributed by atoms with E-state index < -0.39 is 0 Å². The van der Waals surface area contributed by atoms with Gasteiger partial charge in [-0.25, -0.2) is 4.98 Å². The summed E-state index contributed by atoms with van der Waals surface area (Å²) in [5.74, 6) is 0. The first kappa shape index (κ1) is 20.2. The largest absolute Gasteiger partial charge is 0.369 e. The third-order valence-corrected chi connectivity index (χ3v) is 4.58. The fraction of sp³-hybridized carbons (Fsp3) is 0.263. The zero-order valence-corrected chi connectivity index (χ0v) is 16.0. The number of hydrogen-bond acceptors (Lipinski definition) is 4. The summed E-state index contributed by atoms with van der Waals surface area (Å²) >= 11 is 0. The number of benzene rings is 2. The van der Waals surface area contributed by atoms with Crippen LogP contribution in [-0.4, -0.2) is 40.6 Å². The highest BCUT2D eigenvalue weighted by molar-refractivity contribution is 5.85. The highest BCUT2D eigenvalue weighted by Crippen LogP contribution is 2.15. The maximum atomic E-state index is 12.6. The fourth-order valence-electron chi connectivity index (χ4n) is 3.21. The molecule has 2 aromatic carbocycles. The minimum atomic E-state index is 0. The van der Waals surface area contributed by atoms with Crippen LogP contribution in [0.5, 0.6) is 0 Å². The molecule has 5 nitrogen and oxygen atoms in total. The summed E-state index contributed by atoms with van der Waals surface area (Å²) in [6, 6.07) is 18.0. The van der Waals surface area contributed by atoms with Crippen molar-refractivity contribution < 1.29 is 0 Å². The number of aromatic nitrogens is 2. The molecule has 2 heterocycles. The van der Waals surface area contributed by atoms with E-state index in [0.29, 0.717) is 12.1 Å². The Morgan fingerprint density at radius 1 is 0.846 bits per heavy atom. The van der Waals surface area contributed by atoms with E-state index in [1.165, 1.54) is 5.69 Å². The zero-order chi connectivity index (χ0) is 16.4. The maximum Gasteiger partial charge on any atom is 0.262 e. The predicted molar refractivity (Wildman–Crippen MR) is 111 cm³/mol. The Kier molecular flexibility index (Phi) is 7.03. The van der Waals surface area contributed by atoms with Gasteiger partial charge >= 0.3 is 0 Å². The van der Waals surface area contributed by atoms with E-state index in [1.807, 2.05) is 30.3 Å². The molecule has 0 spiro atoms. The van der Waals surface area contributed by atoms with Crippen LogP contribution in [-0.2, 0) is 6.67 Å². The molecule has 0 atom stereocenters. The number of anilines is 1. The third kappa shape index (κ3) is 4.18. The molecule has 0 N–H and O–H groups in total. The Labute approximate surface area is 165 Å². The summed E-state index contributed by atoms with van der Waals surface area (Å²) < 4.78 is 1.71. The molecule has 0 radical (unpaired) electrons. The van der Waals surface area contributed by atoms with Crippen LogP contribution in [0.25, 0.3) is 10.9 Å². The molecule has 0 bridgehead atoms. The van der Waals surface area contributed by atoms with E-state index in [4.69, 9.17) is 0 Å². The molecule has 1 aliphatic rings. The number of nitrogens with zero attached hydrogens (tertiary/aromatic N) is 4. The smallest absolute Gasteiger partial charge is 0.262 e. The summed E-state index contributed by atoms with van der Waals surface area (Å²) in [5, 5.41) is 0.683. The van der Waals surface area contributed by atoms with E-state index >= 15 is 0 Å². The summed E-state index contributed by atoms with van der Waals surface area (Å²) in [6.45, 7) is 4.42. The second-order valence-electron chi connectivity index (χ2n) is 6.12. The molecule has 0 aliphatic carbocycles. The average Bonchev–Trinajstić information content (AvgIpc) is 2.66. The fourth-order valence-corrected chi connectivity index (χ4v) is 3.21. The number of piperazine rings is 1. The second kappa shape index (κ2) is 9.03. The molecule has 0 unspecified atom stereocenters. The van der Waals surface area contributed by atoms with Gasteiger partial charge in [0, 0.05) is 31.9 Å². The Bertz CT molecular complexity index is 893. The van der Waals surface area contributed by atoms with Crippen molar-refractivity contribution in [3.8, 4) is 0 Å². The van der Waals surface area contributed by atoms with Crippen LogP contribution in [0, 0.1) is 0 Å². The van der Waals surface area contributed by atoms with Crippen LogP contribution < -0.4 is 10.5 Å². The Morgan fingerprint density at radius 3 is 2.23 bits per heavy atom.